The van der Waals surface area contributed by atoms with Crippen molar-refractivity contribution in [3.63, 3.8) is 0 Å². The van der Waals surface area contributed by atoms with E-state index in [0.29, 0.717) is 37.7 Å². The summed E-state index contributed by atoms with van der Waals surface area (Å²) < 4.78 is 27.3. The van der Waals surface area contributed by atoms with Gasteiger partial charge in [0.1, 0.15) is 0 Å². The number of halogens is 1. The van der Waals surface area contributed by atoms with Crippen molar-refractivity contribution in [2.45, 2.75) is 31.1 Å². The van der Waals surface area contributed by atoms with Crippen molar-refractivity contribution in [1.82, 2.24) is 9.62 Å². The fourth-order valence-corrected chi connectivity index (χ4v) is 4.14. The minimum Gasteiger partial charge on any atom is -0.338 e. The van der Waals surface area contributed by atoms with Crippen LogP contribution in [0.25, 0.3) is 0 Å². The van der Waals surface area contributed by atoms with Crippen molar-refractivity contribution in [3.05, 3.63) is 29.8 Å². The van der Waals surface area contributed by atoms with Crippen molar-refractivity contribution >= 4 is 28.3 Å². The van der Waals surface area contributed by atoms with Gasteiger partial charge in [-0.25, -0.2) is 13.1 Å². The van der Waals surface area contributed by atoms with Crippen molar-refractivity contribution in [2.24, 2.45) is 17.1 Å². The summed E-state index contributed by atoms with van der Waals surface area (Å²) in [4.78, 5) is 14.6. The number of likely N-dealkylation sites (tertiary alicyclic amines) is 1. The first kappa shape index (κ1) is 20.2. The number of carbonyl (C=O) groups is 1. The minimum atomic E-state index is -3.56. The molecule has 3 N–H and O–H groups in total. The predicted molar refractivity (Wildman–Crippen MR) is 99.3 cm³/mol. The van der Waals surface area contributed by atoms with Gasteiger partial charge in [0, 0.05) is 25.2 Å². The quantitative estimate of drug-likeness (QED) is 0.775. The predicted octanol–water partition coefficient (Wildman–Crippen LogP) is 1.61. The number of rotatable bonds is 6. The molecule has 1 aliphatic carbocycles. The van der Waals surface area contributed by atoms with E-state index in [1.807, 2.05) is 0 Å². The molecule has 1 amide bonds. The van der Waals surface area contributed by atoms with Crippen LogP contribution in [0.5, 0.6) is 0 Å². The molecular weight excluding hydrogens is 362 g/mol. The Morgan fingerprint density at radius 1 is 1.40 bits per heavy atom. The number of nitrogens with zero attached hydrogens (tertiary/aromatic N) is 1. The lowest BCUT2D eigenvalue weighted by atomic mass is 9.90. The summed E-state index contributed by atoms with van der Waals surface area (Å²) in [5, 5.41) is 0. The zero-order chi connectivity index (χ0) is 17.4. The number of hydrogen-bond acceptors (Lipinski definition) is 4. The lowest BCUT2D eigenvalue weighted by Crippen LogP contribution is -2.34. The molecule has 1 saturated carbocycles. The van der Waals surface area contributed by atoms with Gasteiger partial charge in [-0.1, -0.05) is 13.0 Å². The molecule has 0 spiro atoms. The molecule has 6 nitrogen and oxygen atoms in total. The largest absolute Gasteiger partial charge is 0.338 e. The number of sulfonamides is 1. The normalized spacial score (nSPS) is 23.4. The maximum Gasteiger partial charge on any atom is 0.253 e. The third-order valence-electron chi connectivity index (χ3n) is 4.99. The van der Waals surface area contributed by atoms with Crippen molar-refractivity contribution in [3.8, 4) is 0 Å². The molecule has 0 radical (unpaired) electrons. The third kappa shape index (κ3) is 4.73. The summed E-state index contributed by atoms with van der Waals surface area (Å²) in [5.74, 6) is 0.328. The first-order valence-electron chi connectivity index (χ1n) is 8.42. The van der Waals surface area contributed by atoms with Gasteiger partial charge in [0.25, 0.3) is 5.91 Å². The second kappa shape index (κ2) is 7.61. The van der Waals surface area contributed by atoms with Crippen LogP contribution in [0.2, 0.25) is 0 Å². The second-order valence-electron chi connectivity index (χ2n) is 7.31. The van der Waals surface area contributed by atoms with Gasteiger partial charge in [-0.15, -0.1) is 12.4 Å². The maximum atomic E-state index is 12.7. The van der Waals surface area contributed by atoms with E-state index in [9.17, 15) is 13.2 Å². The summed E-state index contributed by atoms with van der Waals surface area (Å²) in [6.45, 7) is 4.35. The van der Waals surface area contributed by atoms with Crippen molar-refractivity contribution in [2.75, 3.05) is 26.2 Å². The molecule has 1 aliphatic heterocycles. The lowest BCUT2D eigenvalue weighted by Gasteiger charge is -2.22. The van der Waals surface area contributed by atoms with Gasteiger partial charge < -0.3 is 10.6 Å². The Balaban J connectivity index is 0.00000225. The summed E-state index contributed by atoms with van der Waals surface area (Å²) in [6, 6.07) is 6.28. The van der Waals surface area contributed by atoms with E-state index < -0.39 is 10.0 Å². The van der Waals surface area contributed by atoms with Crippen LogP contribution in [0.1, 0.15) is 36.5 Å². The number of carbonyl (C=O) groups excluding carboxylic acids is 1. The molecular formula is C17H26ClN3O3S. The van der Waals surface area contributed by atoms with Crippen molar-refractivity contribution in [1.29, 1.82) is 0 Å². The first-order chi connectivity index (χ1) is 11.3. The van der Waals surface area contributed by atoms with Crippen LogP contribution in [-0.4, -0.2) is 45.4 Å². The topological polar surface area (TPSA) is 92.5 Å². The Hall–Kier alpha value is -1.15. The average molecular weight is 388 g/mol. The summed E-state index contributed by atoms with van der Waals surface area (Å²) >= 11 is 0. The fraction of sp³-hybridized carbons (Fsp3) is 0.588. The van der Waals surface area contributed by atoms with Gasteiger partial charge in [-0.3, -0.25) is 4.79 Å². The molecule has 2 aliphatic rings. The molecule has 3 rings (SSSR count). The standard InChI is InChI=1S/C17H25N3O3S.ClH/c1-17(11-18)7-8-20(12-17)16(21)14-3-2-4-15(9-14)24(22,23)19-10-13-5-6-13;/h2-4,9,13,19H,5-8,10-12,18H2,1H3;1H. The van der Waals surface area contributed by atoms with Gasteiger partial charge in [-0.2, -0.15) is 0 Å². The molecule has 0 aromatic heterocycles. The van der Waals surface area contributed by atoms with Crippen molar-refractivity contribution < 1.29 is 13.2 Å². The van der Waals surface area contributed by atoms with E-state index in [2.05, 4.69) is 11.6 Å². The SMILES string of the molecule is CC1(CN)CCN(C(=O)c2cccc(S(=O)(=O)NCC3CC3)c2)C1.Cl. The zero-order valence-electron chi connectivity index (χ0n) is 14.4. The van der Waals surface area contributed by atoms with Gasteiger partial charge in [0.15, 0.2) is 0 Å². The van der Waals surface area contributed by atoms with Gasteiger partial charge in [-0.05, 0) is 55.3 Å². The summed E-state index contributed by atoms with van der Waals surface area (Å²) in [5.41, 5.74) is 6.15. The minimum absolute atomic E-state index is 0. The van der Waals surface area contributed by atoms with Crippen LogP contribution in [0, 0.1) is 11.3 Å². The van der Waals surface area contributed by atoms with Crippen LogP contribution in [-0.2, 0) is 10.0 Å². The number of hydrogen-bond donors (Lipinski definition) is 2. The third-order valence-corrected chi connectivity index (χ3v) is 6.41. The van der Waals surface area contributed by atoms with Gasteiger partial charge in [0.05, 0.1) is 4.90 Å². The van der Waals surface area contributed by atoms with Crippen LogP contribution in [0.15, 0.2) is 29.2 Å². The van der Waals surface area contributed by atoms with Crippen LogP contribution >= 0.6 is 12.4 Å². The molecule has 2 fully saturated rings. The summed E-state index contributed by atoms with van der Waals surface area (Å²) in [7, 11) is -3.56. The Morgan fingerprint density at radius 2 is 2.12 bits per heavy atom. The number of amides is 1. The molecule has 1 heterocycles. The van der Waals surface area contributed by atoms with Crippen LogP contribution in [0.4, 0.5) is 0 Å². The lowest BCUT2D eigenvalue weighted by molar-refractivity contribution is 0.0776. The highest BCUT2D eigenvalue weighted by Gasteiger charge is 2.35. The molecule has 25 heavy (non-hydrogen) atoms. The van der Waals surface area contributed by atoms with E-state index in [1.54, 1.807) is 17.0 Å². The summed E-state index contributed by atoms with van der Waals surface area (Å²) in [6.07, 6.45) is 3.03. The van der Waals surface area contributed by atoms with Crippen LogP contribution in [0.3, 0.4) is 0 Å². The molecule has 1 aromatic rings. The number of benzene rings is 1. The maximum absolute atomic E-state index is 12.7. The van der Waals surface area contributed by atoms with E-state index in [0.717, 1.165) is 19.3 Å². The Kier molecular flexibility index (Phi) is 6.14. The smallest absolute Gasteiger partial charge is 0.253 e. The zero-order valence-corrected chi connectivity index (χ0v) is 16.0. The van der Waals surface area contributed by atoms with E-state index in [4.69, 9.17) is 5.73 Å². The molecule has 140 valence electrons. The highest BCUT2D eigenvalue weighted by atomic mass is 35.5. The van der Waals surface area contributed by atoms with Crippen LogP contribution < -0.4 is 10.5 Å². The van der Waals surface area contributed by atoms with Gasteiger partial charge >= 0.3 is 0 Å². The van der Waals surface area contributed by atoms with E-state index in [-0.39, 0.29) is 28.6 Å². The van der Waals surface area contributed by atoms with E-state index in [1.165, 1.54) is 12.1 Å². The van der Waals surface area contributed by atoms with Gasteiger partial charge in [0.2, 0.25) is 10.0 Å². The first-order valence-corrected chi connectivity index (χ1v) is 9.90. The Morgan fingerprint density at radius 3 is 2.72 bits per heavy atom. The molecule has 1 saturated heterocycles. The van der Waals surface area contributed by atoms with E-state index >= 15 is 0 Å². The Bertz CT molecular complexity index is 736. The Labute approximate surface area is 155 Å². The fourth-order valence-electron chi connectivity index (χ4n) is 2.98. The average Bonchev–Trinajstić information content (AvgIpc) is 3.33. The molecule has 0 bridgehead atoms. The molecule has 1 atom stereocenters. The second-order valence-corrected chi connectivity index (χ2v) is 9.08. The number of nitrogens with two attached hydrogens (primary N) is 1. The highest BCUT2D eigenvalue weighted by Crippen LogP contribution is 2.30. The number of nitrogens with one attached hydrogen (secondary N) is 1. The highest BCUT2D eigenvalue weighted by molar-refractivity contribution is 7.89. The molecule has 1 aromatic carbocycles. The molecule has 8 heteroatoms. The monoisotopic (exact) mass is 387 g/mol. The molecule has 1 unspecified atom stereocenters.